The first kappa shape index (κ1) is 25.9. The van der Waals surface area contributed by atoms with Crippen LogP contribution in [0.15, 0.2) is 53.9 Å². The van der Waals surface area contributed by atoms with Crippen molar-refractivity contribution in [3.05, 3.63) is 70.0 Å². The number of aromatic nitrogens is 1. The fraction of sp³-hybridized carbons (Fsp3) is 0.393. The minimum Gasteiger partial charge on any atom is -0.384 e. The molecule has 7 nitrogen and oxygen atoms in total. The van der Waals surface area contributed by atoms with E-state index in [0.29, 0.717) is 24.2 Å². The lowest BCUT2D eigenvalue weighted by molar-refractivity contribution is -0.130. The Morgan fingerprint density at radius 3 is 2.69 bits per heavy atom. The molecule has 0 bridgehead atoms. The van der Waals surface area contributed by atoms with Gasteiger partial charge in [-0.2, -0.15) is 0 Å². The lowest BCUT2D eigenvalue weighted by Gasteiger charge is -2.34. The quantitative estimate of drug-likeness (QED) is 0.373. The van der Waals surface area contributed by atoms with Gasteiger partial charge < -0.3 is 21.7 Å². The Bertz CT molecular complexity index is 1200. The minimum absolute atomic E-state index is 0.129. The third-order valence-electron chi connectivity index (χ3n) is 7.00. The van der Waals surface area contributed by atoms with Crippen LogP contribution in [0.4, 0.5) is 5.82 Å². The topological polar surface area (TPSA) is 109 Å². The van der Waals surface area contributed by atoms with Gasteiger partial charge in [0.25, 0.3) is 0 Å². The monoisotopic (exact) mass is 505 g/mol. The molecule has 5 N–H and O–H groups in total. The maximum atomic E-state index is 12.9. The number of benzene rings is 1. The van der Waals surface area contributed by atoms with Crippen LogP contribution in [0.5, 0.6) is 0 Å². The van der Waals surface area contributed by atoms with E-state index in [4.69, 9.17) is 5.73 Å². The average molecular weight is 506 g/mol. The molecule has 4 rings (SSSR count). The molecule has 3 heterocycles. The molecule has 2 amide bonds. The fourth-order valence-electron chi connectivity index (χ4n) is 4.65. The Hall–Kier alpha value is -3.23. The van der Waals surface area contributed by atoms with E-state index in [-0.39, 0.29) is 17.9 Å². The predicted molar refractivity (Wildman–Crippen MR) is 145 cm³/mol. The van der Waals surface area contributed by atoms with Crippen molar-refractivity contribution in [1.82, 2.24) is 20.9 Å². The van der Waals surface area contributed by atoms with Crippen LogP contribution in [0, 0.1) is 18.8 Å². The van der Waals surface area contributed by atoms with Crippen LogP contribution in [-0.4, -0.2) is 35.4 Å². The molecule has 0 saturated carbocycles. The number of piperidine rings is 1. The molecule has 2 aromatic heterocycles. The van der Waals surface area contributed by atoms with Crippen LogP contribution >= 0.6 is 11.3 Å². The van der Waals surface area contributed by atoms with E-state index in [0.717, 1.165) is 30.6 Å². The number of rotatable bonds is 8. The number of anilines is 1. The molecule has 1 saturated heterocycles. The highest BCUT2D eigenvalue weighted by Crippen LogP contribution is 2.31. The number of carbonyl (C=O) groups excluding carboxylic acids is 2. The molecule has 0 spiro atoms. The molecule has 3 aromatic rings. The van der Waals surface area contributed by atoms with Crippen molar-refractivity contribution in [3.63, 3.8) is 0 Å². The van der Waals surface area contributed by atoms with Crippen molar-refractivity contribution in [2.45, 2.75) is 52.2 Å². The SMILES string of the molecule is Cc1nc(N)ccc1CNC(=O)[C@H](C)NC(=O)[C@H]1C[C@H](C)[C@H](Cc2cc(-c3ccccc3)cs2)CN1. The van der Waals surface area contributed by atoms with E-state index < -0.39 is 6.04 Å². The van der Waals surface area contributed by atoms with Crippen molar-refractivity contribution in [2.75, 3.05) is 12.3 Å². The average Bonchev–Trinajstić information content (AvgIpc) is 3.33. The lowest BCUT2D eigenvalue weighted by atomic mass is 9.82. The van der Waals surface area contributed by atoms with Crippen LogP contribution in [0.2, 0.25) is 0 Å². The van der Waals surface area contributed by atoms with Crippen LogP contribution < -0.4 is 21.7 Å². The number of nitrogens with zero attached hydrogens (tertiary/aromatic N) is 1. The maximum absolute atomic E-state index is 12.9. The van der Waals surface area contributed by atoms with Gasteiger partial charge in [-0.3, -0.25) is 9.59 Å². The molecular formula is C28H35N5O2S. The molecule has 1 fully saturated rings. The van der Waals surface area contributed by atoms with E-state index in [9.17, 15) is 9.59 Å². The lowest BCUT2D eigenvalue weighted by Crippen LogP contribution is -2.55. The fourth-order valence-corrected chi connectivity index (χ4v) is 5.64. The summed E-state index contributed by atoms with van der Waals surface area (Å²) in [4.78, 5) is 31.0. The number of nitrogen functional groups attached to an aromatic ring is 1. The van der Waals surface area contributed by atoms with Crippen molar-refractivity contribution < 1.29 is 9.59 Å². The highest BCUT2D eigenvalue weighted by molar-refractivity contribution is 7.10. The van der Waals surface area contributed by atoms with Crippen LogP contribution in [0.3, 0.4) is 0 Å². The Kier molecular flexibility index (Phi) is 8.38. The van der Waals surface area contributed by atoms with E-state index in [1.807, 2.05) is 19.1 Å². The van der Waals surface area contributed by atoms with E-state index >= 15 is 0 Å². The van der Waals surface area contributed by atoms with Gasteiger partial charge in [0, 0.05) is 17.1 Å². The molecule has 1 aliphatic heterocycles. The number of hydrogen-bond acceptors (Lipinski definition) is 6. The zero-order chi connectivity index (χ0) is 25.7. The third-order valence-corrected chi connectivity index (χ3v) is 7.96. The number of pyridine rings is 1. The number of hydrogen-bond donors (Lipinski definition) is 4. The molecule has 8 heteroatoms. The molecule has 4 atom stereocenters. The van der Waals surface area contributed by atoms with Crippen molar-refractivity contribution >= 4 is 29.0 Å². The summed E-state index contributed by atoms with van der Waals surface area (Å²) in [5.41, 5.74) is 9.86. The zero-order valence-electron chi connectivity index (χ0n) is 21.1. The highest BCUT2D eigenvalue weighted by atomic mass is 32.1. The smallest absolute Gasteiger partial charge is 0.242 e. The first-order chi connectivity index (χ1) is 17.3. The summed E-state index contributed by atoms with van der Waals surface area (Å²) in [6, 6.07) is 15.4. The number of thiophene rings is 1. The molecule has 1 aromatic carbocycles. The van der Waals surface area contributed by atoms with Gasteiger partial charge in [0.2, 0.25) is 11.8 Å². The van der Waals surface area contributed by atoms with Gasteiger partial charge in [0.05, 0.1) is 6.04 Å². The summed E-state index contributed by atoms with van der Waals surface area (Å²) in [6.07, 6.45) is 1.75. The summed E-state index contributed by atoms with van der Waals surface area (Å²) in [7, 11) is 0. The summed E-state index contributed by atoms with van der Waals surface area (Å²) in [5, 5.41) is 11.4. The van der Waals surface area contributed by atoms with Gasteiger partial charge in [-0.15, -0.1) is 11.3 Å². The number of carbonyl (C=O) groups is 2. The van der Waals surface area contributed by atoms with Gasteiger partial charge in [-0.05, 0) is 79.3 Å². The Labute approximate surface area is 216 Å². The first-order valence-corrected chi connectivity index (χ1v) is 13.3. The van der Waals surface area contributed by atoms with E-state index in [2.05, 4.69) is 63.6 Å². The van der Waals surface area contributed by atoms with Gasteiger partial charge >= 0.3 is 0 Å². The normalized spacial score (nSPS) is 20.5. The third kappa shape index (κ3) is 6.50. The van der Waals surface area contributed by atoms with Crippen LogP contribution in [0.25, 0.3) is 11.1 Å². The van der Waals surface area contributed by atoms with Gasteiger partial charge in [-0.25, -0.2) is 4.98 Å². The molecule has 1 aliphatic rings. The van der Waals surface area contributed by atoms with Gasteiger partial charge in [-0.1, -0.05) is 43.3 Å². The van der Waals surface area contributed by atoms with Crippen molar-refractivity contribution in [1.29, 1.82) is 0 Å². The standard InChI is InChI=1S/C28H35N5O2S/c1-17-11-25(28(35)33-19(3)27(34)31-14-21-9-10-26(29)32-18(21)2)30-15-22(17)12-24-13-23(16-36-24)20-7-5-4-6-8-20/h4-10,13,16-17,19,22,25,30H,11-12,14-15H2,1-3H3,(H2,29,32)(H,31,34)(H,33,35)/t17-,19-,22+,25+/m0/s1. The summed E-state index contributed by atoms with van der Waals surface area (Å²) >= 11 is 1.80. The van der Waals surface area contributed by atoms with Gasteiger partial charge in [0.1, 0.15) is 11.9 Å². The Balaban J connectivity index is 1.24. The van der Waals surface area contributed by atoms with Crippen molar-refractivity contribution in [2.24, 2.45) is 11.8 Å². The van der Waals surface area contributed by atoms with Crippen LogP contribution in [-0.2, 0) is 22.6 Å². The number of nitrogens with one attached hydrogen (secondary N) is 3. The largest absolute Gasteiger partial charge is 0.384 e. The van der Waals surface area contributed by atoms with Crippen LogP contribution in [0.1, 0.15) is 36.4 Å². The molecule has 190 valence electrons. The zero-order valence-corrected chi connectivity index (χ0v) is 21.9. The van der Waals surface area contributed by atoms with E-state index in [1.54, 1.807) is 24.3 Å². The number of nitrogens with two attached hydrogens (primary N) is 1. The molecule has 0 unspecified atom stereocenters. The maximum Gasteiger partial charge on any atom is 0.242 e. The predicted octanol–water partition coefficient (Wildman–Crippen LogP) is 3.68. The Morgan fingerprint density at radius 2 is 1.97 bits per heavy atom. The summed E-state index contributed by atoms with van der Waals surface area (Å²) in [5.74, 6) is 0.958. The highest BCUT2D eigenvalue weighted by Gasteiger charge is 2.32. The molecule has 36 heavy (non-hydrogen) atoms. The first-order valence-electron chi connectivity index (χ1n) is 12.5. The second-order valence-electron chi connectivity index (χ2n) is 9.73. The number of amides is 2. The summed E-state index contributed by atoms with van der Waals surface area (Å²) in [6.45, 7) is 6.90. The summed E-state index contributed by atoms with van der Waals surface area (Å²) < 4.78 is 0. The minimum atomic E-state index is -0.628. The Morgan fingerprint density at radius 1 is 1.19 bits per heavy atom. The number of aryl methyl sites for hydroxylation is 1. The molecule has 0 radical (unpaired) electrons. The second-order valence-corrected chi connectivity index (χ2v) is 10.7. The van der Waals surface area contributed by atoms with Crippen molar-refractivity contribution in [3.8, 4) is 11.1 Å². The second kappa shape index (κ2) is 11.7. The molecular weight excluding hydrogens is 470 g/mol. The van der Waals surface area contributed by atoms with E-state index in [1.165, 1.54) is 16.0 Å². The van der Waals surface area contributed by atoms with Gasteiger partial charge in [0.15, 0.2) is 0 Å². The molecule has 0 aliphatic carbocycles.